The van der Waals surface area contributed by atoms with Crippen LogP contribution in [0.3, 0.4) is 0 Å². The summed E-state index contributed by atoms with van der Waals surface area (Å²) in [6.07, 6.45) is 0.749. The van der Waals surface area contributed by atoms with Gasteiger partial charge in [-0.3, -0.25) is 20.4 Å². The number of hydrazine groups is 1. The largest absolute Gasteiger partial charge is 0.483 e. The van der Waals surface area contributed by atoms with E-state index in [4.69, 9.17) is 14.2 Å². The van der Waals surface area contributed by atoms with Gasteiger partial charge in [0.05, 0.1) is 0 Å². The van der Waals surface area contributed by atoms with E-state index >= 15 is 0 Å². The zero-order chi connectivity index (χ0) is 20.9. The van der Waals surface area contributed by atoms with E-state index in [0.29, 0.717) is 17.1 Å². The third-order valence-corrected chi connectivity index (χ3v) is 4.12. The van der Waals surface area contributed by atoms with Crippen molar-refractivity contribution in [3.63, 3.8) is 0 Å². The Labute approximate surface area is 168 Å². The number of hydrogen-bond donors (Lipinski definition) is 2. The lowest BCUT2D eigenvalue weighted by atomic mass is 10.0. The molecule has 29 heavy (non-hydrogen) atoms. The van der Waals surface area contributed by atoms with Gasteiger partial charge < -0.3 is 14.2 Å². The van der Waals surface area contributed by atoms with Gasteiger partial charge in [0.1, 0.15) is 5.60 Å². The van der Waals surface area contributed by atoms with Gasteiger partial charge in [-0.2, -0.15) is 0 Å². The van der Waals surface area contributed by atoms with Gasteiger partial charge in [0.2, 0.25) is 0 Å². The van der Waals surface area contributed by atoms with Crippen LogP contribution in [0.1, 0.15) is 29.8 Å². The van der Waals surface area contributed by atoms with Gasteiger partial charge in [0.15, 0.2) is 24.7 Å². The van der Waals surface area contributed by atoms with Crippen LogP contribution < -0.4 is 20.3 Å². The van der Waals surface area contributed by atoms with Gasteiger partial charge in [0.25, 0.3) is 11.8 Å². The molecule has 0 unspecified atom stereocenters. The Balaban J connectivity index is 1.40. The zero-order valence-corrected chi connectivity index (χ0v) is 16.2. The number of nitrogens with one attached hydrogen (secondary N) is 2. The van der Waals surface area contributed by atoms with Gasteiger partial charge in [-0.15, -0.1) is 0 Å². The molecular weight excluding hydrogens is 376 g/mol. The van der Waals surface area contributed by atoms with Crippen molar-refractivity contribution in [2.45, 2.75) is 25.9 Å². The summed E-state index contributed by atoms with van der Waals surface area (Å²) in [6, 6.07) is 13.9. The molecule has 1 aliphatic heterocycles. The fourth-order valence-electron chi connectivity index (χ4n) is 2.85. The lowest BCUT2D eigenvalue weighted by Gasteiger charge is -2.18. The van der Waals surface area contributed by atoms with Gasteiger partial charge in [-0.1, -0.05) is 30.3 Å². The second-order valence-electron chi connectivity index (χ2n) is 7.10. The van der Waals surface area contributed by atoms with Crippen molar-refractivity contribution in [3.8, 4) is 11.5 Å². The quantitative estimate of drug-likeness (QED) is 0.568. The summed E-state index contributed by atoms with van der Waals surface area (Å²) in [4.78, 5) is 35.4. The summed E-state index contributed by atoms with van der Waals surface area (Å²) in [5.74, 6) is -0.802. The van der Waals surface area contributed by atoms with E-state index < -0.39 is 24.4 Å². The van der Waals surface area contributed by atoms with Crippen molar-refractivity contribution in [2.75, 3.05) is 13.2 Å². The summed E-state index contributed by atoms with van der Waals surface area (Å²) in [6.45, 7) is 3.03. The molecule has 1 aliphatic rings. The number of esters is 1. The van der Waals surface area contributed by atoms with Crippen molar-refractivity contribution >= 4 is 17.8 Å². The third kappa shape index (κ3) is 5.47. The molecule has 0 saturated carbocycles. The Kier molecular flexibility index (Phi) is 6.01. The number of rotatable bonds is 6. The zero-order valence-electron chi connectivity index (χ0n) is 16.2. The maximum atomic E-state index is 11.9. The van der Waals surface area contributed by atoms with E-state index in [1.807, 2.05) is 26.0 Å². The first-order valence-electron chi connectivity index (χ1n) is 9.08. The maximum Gasteiger partial charge on any atom is 0.344 e. The minimum atomic E-state index is -0.718. The van der Waals surface area contributed by atoms with Crippen molar-refractivity contribution in [1.29, 1.82) is 0 Å². The minimum Gasteiger partial charge on any atom is -0.483 e. The second-order valence-corrected chi connectivity index (χ2v) is 7.10. The van der Waals surface area contributed by atoms with Crippen LogP contribution in [0.2, 0.25) is 0 Å². The monoisotopic (exact) mass is 398 g/mol. The highest BCUT2D eigenvalue weighted by Crippen LogP contribution is 2.41. The molecule has 0 aromatic heterocycles. The number of amides is 2. The first kappa shape index (κ1) is 20.2. The number of carbonyl (C=O) groups is 3. The molecule has 3 rings (SSSR count). The normalized spacial score (nSPS) is 13.6. The maximum absolute atomic E-state index is 11.9. The van der Waals surface area contributed by atoms with E-state index in [-0.39, 0.29) is 12.2 Å². The van der Waals surface area contributed by atoms with Gasteiger partial charge >= 0.3 is 5.97 Å². The van der Waals surface area contributed by atoms with Crippen LogP contribution in [0.15, 0.2) is 48.5 Å². The molecule has 2 N–H and O–H groups in total. The molecule has 8 nitrogen and oxygen atoms in total. The van der Waals surface area contributed by atoms with Crippen molar-refractivity contribution in [2.24, 2.45) is 0 Å². The summed E-state index contributed by atoms with van der Waals surface area (Å²) < 4.78 is 16.2. The SMILES string of the molecule is CC1(C)Cc2cccc(OCC(=O)OCC(=O)NNC(=O)c3ccccc3)c2O1. The number of benzene rings is 2. The highest BCUT2D eigenvalue weighted by atomic mass is 16.6. The van der Waals surface area contributed by atoms with Crippen molar-refractivity contribution in [3.05, 3.63) is 59.7 Å². The number of para-hydroxylation sites is 1. The number of hydrogen-bond acceptors (Lipinski definition) is 6. The highest BCUT2D eigenvalue weighted by molar-refractivity contribution is 5.95. The van der Waals surface area contributed by atoms with Crippen LogP contribution in [0.5, 0.6) is 11.5 Å². The molecule has 1 heterocycles. The molecule has 0 spiro atoms. The lowest BCUT2D eigenvalue weighted by Crippen LogP contribution is -2.43. The fraction of sp³-hybridized carbons (Fsp3) is 0.286. The molecule has 0 aliphatic carbocycles. The molecule has 0 bridgehead atoms. The van der Waals surface area contributed by atoms with Crippen LogP contribution >= 0.6 is 0 Å². The molecule has 0 fully saturated rings. The van der Waals surface area contributed by atoms with Crippen molar-refractivity contribution in [1.82, 2.24) is 10.9 Å². The standard InChI is InChI=1S/C21H22N2O6/c1-21(2)11-15-9-6-10-16(19(15)29-21)27-13-18(25)28-12-17(24)22-23-20(26)14-7-4-3-5-8-14/h3-10H,11-13H2,1-2H3,(H,22,24)(H,23,26). The number of carbonyl (C=O) groups excluding carboxylic acids is 3. The molecule has 0 saturated heterocycles. The predicted octanol–water partition coefficient (Wildman–Crippen LogP) is 1.78. The van der Waals surface area contributed by atoms with E-state index in [0.717, 1.165) is 12.0 Å². The Hall–Kier alpha value is -3.55. The van der Waals surface area contributed by atoms with E-state index in [9.17, 15) is 14.4 Å². The van der Waals surface area contributed by atoms with Crippen LogP contribution in [0.4, 0.5) is 0 Å². The summed E-state index contributed by atoms with van der Waals surface area (Å²) in [7, 11) is 0. The predicted molar refractivity (Wildman–Crippen MR) is 103 cm³/mol. The number of fused-ring (bicyclic) bond motifs is 1. The number of ether oxygens (including phenoxy) is 3. The van der Waals surface area contributed by atoms with Crippen LogP contribution in [-0.4, -0.2) is 36.6 Å². The fourth-order valence-corrected chi connectivity index (χ4v) is 2.85. The molecule has 2 amide bonds. The first-order chi connectivity index (χ1) is 13.8. The highest BCUT2D eigenvalue weighted by Gasteiger charge is 2.32. The van der Waals surface area contributed by atoms with Crippen LogP contribution in [-0.2, 0) is 20.7 Å². The first-order valence-corrected chi connectivity index (χ1v) is 9.08. The molecule has 2 aromatic carbocycles. The molecule has 8 heteroatoms. The van der Waals surface area contributed by atoms with Gasteiger partial charge in [0, 0.05) is 17.5 Å². The van der Waals surface area contributed by atoms with Gasteiger partial charge in [-0.25, -0.2) is 4.79 Å². The molecule has 152 valence electrons. The average molecular weight is 398 g/mol. The van der Waals surface area contributed by atoms with Gasteiger partial charge in [-0.05, 0) is 32.0 Å². The molecule has 2 aromatic rings. The summed E-state index contributed by atoms with van der Waals surface area (Å²) in [5.41, 5.74) is 5.48. The smallest absolute Gasteiger partial charge is 0.344 e. The average Bonchev–Trinajstić information content (AvgIpc) is 3.03. The van der Waals surface area contributed by atoms with E-state index in [2.05, 4.69) is 10.9 Å². The molecular formula is C21H22N2O6. The summed E-state index contributed by atoms with van der Waals surface area (Å²) >= 11 is 0. The Bertz CT molecular complexity index is 911. The van der Waals surface area contributed by atoms with Crippen molar-refractivity contribution < 1.29 is 28.6 Å². The van der Waals surface area contributed by atoms with Crippen LogP contribution in [0.25, 0.3) is 0 Å². The third-order valence-electron chi connectivity index (χ3n) is 4.12. The Morgan fingerprint density at radius 1 is 1.00 bits per heavy atom. The van der Waals surface area contributed by atoms with Crippen LogP contribution in [0, 0.1) is 0 Å². The molecule has 0 radical (unpaired) electrons. The second kappa shape index (κ2) is 8.64. The Morgan fingerprint density at radius 2 is 1.76 bits per heavy atom. The Morgan fingerprint density at radius 3 is 2.52 bits per heavy atom. The topological polar surface area (TPSA) is 103 Å². The summed E-state index contributed by atoms with van der Waals surface area (Å²) in [5, 5.41) is 0. The lowest BCUT2D eigenvalue weighted by molar-refractivity contribution is -0.150. The molecule has 0 atom stereocenters. The van der Waals surface area contributed by atoms with E-state index in [1.54, 1.807) is 36.4 Å². The van der Waals surface area contributed by atoms with E-state index in [1.165, 1.54) is 0 Å². The minimum absolute atomic E-state index is 0.329.